The predicted octanol–water partition coefficient (Wildman–Crippen LogP) is -1.04. The molecule has 0 aliphatic heterocycles. The summed E-state index contributed by atoms with van der Waals surface area (Å²) >= 11 is 11.7. The molecular weight excluding hydrogens is 571 g/mol. The predicted molar refractivity (Wildman–Crippen MR) is 74.6 cm³/mol. The second-order valence-electron chi connectivity index (χ2n) is 1.57. The molecule has 0 rings (SSSR count). The van der Waals surface area contributed by atoms with Gasteiger partial charge in [-0.1, -0.05) is 63.7 Å². The number of halogens is 4. The molecule has 0 fully saturated rings. The maximum absolute atomic E-state index is 9.25. The number of hydrogen-bond acceptors (Lipinski definition) is 4. The normalized spacial score (nSPS) is 7.06. The van der Waals surface area contributed by atoms with Gasteiger partial charge in [0, 0.05) is 0 Å². The molecule has 0 aromatic carbocycles. The third-order valence-electron chi connectivity index (χ3n) is 0.309. The van der Waals surface area contributed by atoms with Crippen molar-refractivity contribution in [3.8, 4) is 0 Å². The first kappa shape index (κ1) is 31.8. The van der Waals surface area contributed by atoms with Crippen LogP contribution >= 0.6 is 63.7 Å². The molecule has 0 atom stereocenters. The Morgan fingerprint density at radius 2 is 0.529 bits per heavy atom. The van der Waals surface area contributed by atoms with E-state index in [-0.39, 0.29) is 52.6 Å². The maximum Gasteiger partial charge on any atom is 4.00 e. The fourth-order valence-electron chi connectivity index (χ4n) is 0. The van der Waals surface area contributed by atoms with Crippen molar-refractivity contribution in [1.82, 2.24) is 0 Å². The van der Waals surface area contributed by atoms with E-state index >= 15 is 0 Å². The van der Waals surface area contributed by atoms with Crippen LogP contribution in [-0.2, 0) is 26.2 Å². The second-order valence-corrected chi connectivity index (χ2v) is 4.74. The van der Waals surface area contributed by atoms with Crippen molar-refractivity contribution >= 4 is 63.7 Å². The van der Waals surface area contributed by atoms with Gasteiger partial charge in [-0.25, -0.2) is 0 Å². The Morgan fingerprint density at radius 1 is 0.471 bits per heavy atom. The third-order valence-corrected chi connectivity index (χ3v) is 1.60. The first-order valence-electron chi connectivity index (χ1n) is 4.22. The molecule has 0 heterocycles. The van der Waals surface area contributed by atoms with E-state index in [1.54, 1.807) is 0 Å². The zero-order valence-corrected chi connectivity index (χ0v) is 18.1. The van der Waals surface area contributed by atoms with Crippen LogP contribution in [0.4, 0.5) is 0 Å². The Balaban J connectivity index is -0.0000000369. The molecule has 0 bridgehead atoms. The summed E-state index contributed by atoms with van der Waals surface area (Å²) in [5.41, 5.74) is 0. The van der Waals surface area contributed by atoms with E-state index in [9.17, 15) is 20.4 Å². The molecule has 0 radical (unpaired) electrons. The van der Waals surface area contributed by atoms with Crippen molar-refractivity contribution in [2.24, 2.45) is 0 Å². The van der Waals surface area contributed by atoms with Crippen molar-refractivity contribution in [1.29, 1.82) is 0 Å². The summed E-state index contributed by atoms with van der Waals surface area (Å²) in [6.07, 6.45) is 0. The molecule has 0 spiro atoms. The molecule has 0 aromatic heterocycles. The van der Waals surface area contributed by atoms with E-state index in [1.165, 1.54) is 0 Å². The summed E-state index contributed by atoms with van der Waals surface area (Å²) in [5, 5.41) is 39.3. The Bertz CT molecular complexity index is 53.5. The minimum Gasteiger partial charge on any atom is -0.854 e. The van der Waals surface area contributed by atoms with Gasteiger partial charge in [-0.2, -0.15) is 0 Å². The van der Waals surface area contributed by atoms with Gasteiger partial charge in [0.15, 0.2) is 0 Å². The summed E-state index contributed by atoms with van der Waals surface area (Å²) in [4.78, 5) is 0. The maximum atomic E-state index is 9.25. The monoisotopic (exact) mass is 582 g/mol. The zero-order valence-electron chi connectivity index (χ0n) is 9.30. The molecular formula is C8H16Br4O4Zr. The molecule has 17 heavy (non-hydrogen) atoms. The van der Waals surface area contributed by atoms with E-state index in [0.717, 1.165) is 0 Å². The van der Waals surface area contributed by atoms with E-state index in [0.29, 0.717) is 21.3 Å². The Labute approximate surface area is 156 Å². The van der Waals surface area contributed by atoms with Crippen LogP contribution < -0.4 is 20.4 Å². The van der Waals surface area contributed by atoms with Crippen LogP contribution in [0, 0.1) is 0 Å². The van der Waals surface area contributed by atoms with Crippen LogP contribution in [0.3, 0.4) is 0 Å². The van der Waals surface area contributed by atoms with Gasteiger partial charge < -0.3 is 20.4 Å². The SMILES string of the molecule is [O-]CCBr.[O-]CCBr.[O-]CCBr.[O-]CCBr.[Zr+4]. The van der Waals surface area contributed by atoms with Crippen LogP contribution in [0.15, 0.2) is 0 Å². The first-order chi connectivity index (χ1) is 7.66. The number of rotatable bonds is 4. The Hall–Kier alpha value is 2.64. The molecule has 0 aromatic rings. The molecule has 0 N–H and O–H groups in total. The average molecular weight is 587 g/mol. The standard InChI is InChI=1S/4C2H4BrO.Zr/c4*3-1-2-4;/h4*1-2H2;/q4*-1;+4. The molecule has 0 saturated carbocycles. The summed E-state index contributed by atoms with van der Waals surface area (Å²) < 4.78 is 0. The van der Waals surface area contributed by atoms with Crippen LogP contribution in [0.25, 0.3) is 0 Å². The van der Waals surface area contributed by atoms with E-state index in [1.807, 2.05) is 0 Å². The van der Waals surface area contributed by atoms with Gasteiger partial charge in [-0.05, 0) is 21.3 Å². The van der Waals surface area contributed by atoms with Crippen LogP contribution in [0.5, 0.6) is 0 Å². The summed E-state index contributed by atoms with van der Waals surface area (Å²) in [6, 6.07) is 0. The summed E-state index contributed by atoms with van der Waals surface area (Å²) in [5.74, 6) is 0. The Morgan fingerprint density at radius 3 is 0.529 bits per heavy atom. The van der Waals surface area contributed by atoms with Crippen molar-refractivity contribution in [3.05, 3.63) is 0 Å². The summed E-state index contributed by atoms with van der Waals surface area (Å²) in [6.45, 7) is -0.0556. The molecule has 0 aliphatic rings. The van der Waals surface area contributed by atoms with Gasteiger partial charge in [0.05, 0.1) is 0 Å². The molecule has 9 heteroatoms. The fourth-order valence-corrected chi connectivity index (χ4v) is 0. The minimum absolute atomic E-state index is 0. The number of hydrogen-bond donors (Lipinski definition) is 0. The molecule has 0 unspecified atom stereocenters. The van der Waals surface area contributed by atoms with Gasteiger partial charge in [0.2, 0.25) is 0 Å². The fraction of sp³-hybridized carbons (Fsp3) is 1.00. The largest absolute Gasteiger partial charge is 4.00 e. The van der Waals surface area contributed by atoms with Gasteiger partial charge in [0.1, 0.15) is 0 Å². The van der Waals surface area contributed by atoms with E-state index in [4.69, 9.17) is 0 Å². The topological polar surface area (TPSA) is 92.2 Å². The van der Waals surface area contributed by atoms with Gasteiger partial charge in [-0.15, -0.1) is 26.4 Å². The average Bonchev–Trinajstić information content (AvgIpc) is 2.39. The van der Waals surface area contributed by atoms with Crippen molar-refractivity contribution < 1.29 is 46.6 Å². The van der Waals surface area contributed by atoms with Gasteiger partial charge >= 0.3 is 26.2 Å². The zero-order chi connectivity index (χ0) is 13.7. The molecule has 0 saturated heterocycles. The minimum atomic E-state index is -0.0139. The van der Waals surface area contributed by atoms with E-state index in [2.05, 4.69) is 63.7 Å². The third kappa shape index (κ3) is 117. The van der Waals surface area contributed by atoms with E-state index < -0.39 is 0 Å². The van der Waals surface area contributed by atoms with Crippen molar-refractivity contribution in [3.63, 3.8) is 0 Å². The quantitative estimate of drug-likeness (QED) is 0.394. The van der Waals surface area contributed by atoms with Crippen molar-refractivity contribution in [2.75, 3.05) is 47.7 Å². The van der Waals surface area contributed by atoms with Crippen molar-refractivity contribution in [2.45, 2.75) is 0 Å². The molecule has 4 nitrogen and oxygen atoms in total. The molecule has 0 amide bonds. The van der Waals surface area contributed by atoms with Crippen LogP contribution in [0.1, 0.15) is 0 Å². The molecule has 0 aliphatic carbocycles. The molecule has 104 valence electrons. The Kier molecular flexibility index (Phi) is 96.0. The summed E-state index contributed by atoms with van der Waals surface area (Å²) in [7, 11) is 0. The van der Waals surface area contributed by atoms with Gasteiger partial charge in [0.25, 0.3) is 0 Å². The van der Waals surface area contributed by atoms with Crippen LogP contribution in [0.2, 0.25) is 0 Å². The smallest absolute Gasteiger partial charge is 0.854 e. The van der Waals surface area contributed by atoms with Crippen LogP contribution in [-0.4, -0.2) is 47.7 Å². The van der Waals surface area contributed by atoms with Gasteiger partial charge in [-0.3, -0.25) is 0 Å². The number of alkyl halides is 4. The second kappa shape index (κ2) is 51.2. The first-order valence-corrected chi connectivity index (χ1v) is 8.71.